The third kappa shape index (κ3) is 6.32. The lowest BCUT2D eigenvalue weighted by atomic mass is 10.0. The first-order chi connectivity index (χ1) is 22.1. The van der Waals surface area contributed by atoms with Gasteiger partial charge in [-0.2, -0.15) is 22.7 Å². The molecule has 0 bridgehead atoms. The van der Waals surface area contributed by atoms with E-state index in [1.165, 1.54) is 17.5 Å². The Bertz CT molecular complexity index is 1820. The molecule has 3 aliphatic heterocycles. The van der Waals surface area contributed by atoms with Gasteiger partial charge in [-0.25, -0.2) is 4.79 Å². The van der Waals surface area contributed by atoms with E-state index < -0.39 is 35.4 Å². The number of rotatable bonds is 4. The third-order valence-electron chi connectivity index (χ3n) is 8.67. The lowest BCUT2D eigenvalue weighted by Crippen LogP contribution is -2.51. The number of benzene rings is 1. The summed E-state index contributed by atoms with van der Waals surface area (Å²) < 4.78 is 53.8. The molecular weight excluding hydrogens is 619 g/mol. The van der Waals surface area contributed by atoms with Gasteiger partial charge in [-0.15, -0.1) is 5.10 Å². The molecule has 15 heteroatoms. The molecule has 2 aromatic heterocycles. The monoisotopic (exact) mass is 657 g/mol. The summed E-state index contributed by atoms with van der Waals surface area (Å²) in [4.78, 5) is 49.2. The molecule has 0 spiro atoms. The van der Waals surface area contributed by atoms with E-state index in [1.807, 2.05) is 17.9 Å². The van der Waals surface area contributed by atoms with Gasteiger partial charge < -0.3 is 24.6 Å². The van der Waals surface area contributed by atoms with Crippen LogP contribution < -0.4 is 15.8 Å². The first-order valence-corrected chi connectivity index (χ1v) is 15.7. The Labute approximate surface area is 269 Å². The summed E-state index contributed by atoms with van der Waals surface area (Å²) in [7, 11) is 0. The van der Waals surface area contributed by atoms with Gasteiger partial charge in [-0.1, -0.05) is 13.0 Å². The number of halogens is 3. The van der Waals surface area contributed by atoms with Gasteiger partial charge in [-0.05, 0) is 69.9 Å². The number of anilines is 2. The molecule has 2 amide bonds. The summed E-state index contributed by atoms with van der Waals surface area (Å²) in [5.74, 6) is -0.125. The highest BCUT2D eigenvalue weighted by Gasteiger charge is 2.41. The van der Waals surface area contributed by atoms with E-state index in [2.05, 4.69) is 10.4 Å². The fraction of sp³-hybridized carbons (Fsp3) is 0.531. The van der Waals surface area contributed by atoms with Crippen LogP contribution in [0.4, 0.5) is 29.3 Å². The largest absolute Gasteiger partial charge is 0.444 e. The number of hydrogen-bond acceptors (Lipinski definition) is 8. The highest BCUT2D eigenvalue weighted by molar-refractivity contribution is 5.95. The van der Waals surface area contributed by atoms with Crippen LogP contribution >= 0.6 is 0 Å². The Hall–Kier alpha value is -4.40. The van der Waals surface area contributed by atoms with Crippen LogP contribution in [0.1, 0.15) is 75.1 Å². The molecule has 1 aromatic carbocycles. The first-order valence-electron chi connectivity index (χ1n) is 15.7. The molecule has 252 valence electrons. The quantitative estimate of drug-likeness (QED) is 0.426. The number of fused-ring (bicyclic) bond motifs is 3. The van der Waals surface area contributed by atoms with Gasteiger partial charge in [0, 0.05) is 37.8 Å². The molecule has 2 atom stereocenters. The SMILES string of the molecule is Cc1cc(C(F)(F)F)ccc1NC(=O)[C@@H]1C[C@H](C)c2c(N3CCN(C(=O)OC(C)(C)C)CC3)c(=O)n3nc(C4=CCOCC4)nc3n21. The van der Waals surface area contributed by atoms with Gasteiger partial charge in [0.2, 0.25) is 11.7 Å². The van der Waals surface area contributed by atoms with Crippen molar-refractivity contribution in [1.82, 2.24) is 24.1 Å². The fourth-order valence-corrected chi connectivity index (χ4v) is 6.38. The van der Waals surface area contributed by atoms with Crippen LogP contribution in [0.5, 0.6) is 0 Å². The fourth-order valence-electron chi connectivity index (χ4n) is 6.38. The minimum atomic E-state index is -4.51. The number of hydrogen-bond donors (Lipinski definition) is 1. The van der Waals surface area contributed by atoms with E-state index in [0.29, 0.717) is 69.4 Å². The Kier molecular flexibility index (Phi) is 8.31. The molecule has 1 N–H and O–H groups in total. The second-order valence-electron chi connectivity index (χ2n) is 13.2. The zero-order valence-electron chi connectivity index (χ0n) is 27.0. The minimum absolute atomic E-state index is 0.206. The standard InChI is InChI=1S/C32H38F3N7O5/c1-18-16-21(32(33,34)35)6-7-22(18)36-27(43)23-17-19(2)24-25(39-10-12-40(13-11-39)30(45)47-31(3,4)5)28(44)42-29(41(23)24)37-26(38-42)20-8-14-46-15-9-20/h6-8,16,19,23H,9-15,17H2,1-5H3,(H,36,43)/t19-,23-/m0/s1. The summed E-state index contributed by atoms with van der Waals surface area (Å²) in [5, 5.41) is 7.42. The average molecular weight is 658 g/mol. The Morgan fingerprint density at radius 1 is 1.11 bits per heavy atom. The second-order valence-corrected chi connectivity index (χ2v) is 13.2. The van der Waals surface area contributed by atoms with E-state index >= 15 is 0 Å². The van der Waals surface area contributed by atoms with Crippen LogP contribution in [0.15, 0.2) is 29.1 Å². The Morgan fingerprint density at radius 3 is 2.45 bits per heavy atom. The molecule has 12 nitrogen and oxygen atoms in total. The van der Waals surface area contributed by atoms with Crippen LogP contribution in [0, 0.1) is 6.92 Å². The Morgan fingerprint density at radius 2 is 1.83 bits per heavy atom. The molecule has 6 rings (SSSR count). The number of alkyl halides is 3. The van der Waals surface area contributed by atoms with Crippen molar-refractivity contribution < 1.29 is 32.2 Å². The predicted octanol–water partition coefficient (Wildman–Crippen LogP) is 4.77. The van der Waals surface area contributed by atoms with E-state index in [4.69, 9.17) is 14.5 Å². The van der Waals surface area contributed by atoms with E-state index in [-0.39, 0.29) is 28.5 Å². The number of amides is 2. The lowest BCUT2D eigenvalue weighted by Gasteiger charge is -2.37. The highest BCUT2D eigenvalue weighted by atomic mass is 19.4. The molecule has 0 saturated carbocycles. The maximum atomic E-state index is 14.2. The molecular formula is C32H38F3N7O5. The van der Waals surface area contributed by atoms with Crippen molar-refractivity contribution in [1.29, 1.82) is 0 Å². The van der Waals surface area contributed by atoms with Gasteiger partial charge in [-0.3, -0.25) is 14.2 Å². The number of piperazine rings is 1. The highest BCUT2D eigenvalue weighted by Crippen LogP contribution is 2.42. The van der Waals surface area contributed by atoms with Gasteiger partial charge in [0.05, 0.1) is 24.5 Å². The summed E-state index contributed by atoms with van der Waals surface area (Å²) >= 11 is 0. The average Bonchev–Trinajstić information content (AvgIpc) is 3.60. The van der Waals surface area contributed by atoms with Gasteiger partial charge >= 0.3 is 12.3 Å². The first kappa shape index (κ1) is 32.5. The van der Waals surface area contributed by atoms with E-state index in [1.54, 1.807) is 30.2 Å². The zero-order valence-corrected chi connectivity index (χ0v) is 27.0. The lowest BCUT2D eigenvalue weighted by molar-refractivity contribution is -0.137. The van der Waals surface area contributed by atoms with Crippen molar-refractivity contribution in [3.8, 4) is 0 Å². The second kappa shape index (κ2) is 12.0. The molecule has 0 aliphatic carbocycles. The Balaban J connectivity index is 1.39. The van der Waals surface area contributed by atoms with Crippen LogP contribution in [-0.4, -0.2) is 81.1 Å². The van der Waals surface area contributed by atoms with Crippen molar-refractivity contribution in [2.45, 2.75) is 71.2 Å². The zero-order chi connectivity index (χ0) is 33.8. The van der Waals surface area contributed by atoms with Crippen molar-refractivity contribution in [2.24, 2.45) is 0 Å². The van der Waals surface area contributed by atoms with Crippen molar-refractivity contribution in [3.05, 3.63) is 57.3 Å². The summed E-state index contributed by atoms with van der Waals surface area (Å²) in [6.45, 7) is 11.1. The van der Waals surface area contributed by atoms with Gasteiger partial charge in [0.25, 0.3) is 5.56 Å². The number of ether oxygens (including phenoxy) is 2. The van der Waals surface area contributed by atoms with Crippen LogP contribution in [0.3, 0.4) is 0 Å². The number of carbonyl (C=O) groups excluding carboxylic acids is 2. The number of nitrogens with zero attached hydrogens (tertiary/aromatic N) is 6. The molecule has 1 saturated heterocycles. The van der Waals surface area contributed by atoms with Crippen molar-refractivity contribution in [2.75, 3.05) is 49.6 Å². The molecule has 47 heavy (non-hydrogen) atoms. The van der Waals surface area contributed by atoms with Crippen LogP contribution in [-0.2, 0) is 20.4 Å². The summed E-state index contributed by atoms with van der Waals surface area (Å²) in [6, 6.07) is 2.35. The predicted molar refractivity (Wildman–Crippen MR) is 168 cm³/mol. The molecule has 1 fully saturated rings. The topological polar surface area (TPSA) is 123 Å². The number of nitrogens with one attached hydrogen (secondary N) is 1. The minimum Gasteiger partial charge on any atom is -0.444 e. The number of aryl methyl sites for hydroxylation is 1. The molecule has 0 unspecified atom stereocenters. The molecule has 0 radical (unpaired) electrons. The van der Waals surface area contributed by atoms with Crippen molar-refractivity contribution >= 4 is 34.7 Å². The van der Waals surface area contributed by atoms with E-state index in [0.717, 1.165) is 17.7 Å². The molecule has 3 aliphatic rings. The van der Waals surface area contributed by atoms with Crippen molar-refractivity contribution in [3.63, 3.8) is 0 Å². The normalized spacial score (nSPS) is 20.3. The third-order valence-corrected chi connectivity index (χ3v) is 8.67. The van der Waals surface area contributed by atoms with Gasteiger partial charge in [0.1, 0.15) is 17.3 Å². The van der Waals surface area contributed by atoms with E-state index in [9.17, 15) is 27.6 Å². The number of aromatic nitrogens is 4. The molecule has 3 aromatic rings. The smallest absolute Gasteiger partial charge is 0.416 e. The van der Waals surface area contributed by atoms with Crippen LogP contribution in [0.25, 0.3) is 11.4 Å². The van der Waals surface area contributed by atoms with Crippen LogP contribution in [0.2, 0.25) is 0 Å². The maximum absolute atomic E-state index is 14.2. The molecule has 5 heterocycles. The number of carbonyl (C=O) groups is 2. The maximum Gasteiger partial charge on any atom is 0.416 e. The summed E-state index contributed by atoms with van der Waals surface area (Å²) in [5.41, 5.74) is 0.529. The summed E-state index contributed by atoms with van der Waals surface area (Å²) in [6.07, 6.45) is -2.18. The van der Waals surface area contributed by atoms with Gasteiger partial charge in [0.15, 0.2) is 5.82 Å².